The van der Waals surface area contributed by atoms with Gasteiger partial charge in [0.25, 0.3) is 0 Å². The van der Waals surface area contributed by atoms with Crippen LogP contribution in [-0.4, -0.2) is 46.1 Å². The van der Waals surface area contributed by atoms with Crippen molar-refractivity contribution in [3.8, 4) is 5.75 Å². The van der Waals surface area contributed by atoms with Gasteiger partial charge in [-0.3, -0.25) is 0 Å². The van der Waals surface area contributed by atoms with Gasteiger partial charge in [-0.2, -0.15) is 0 Å². The van der Waals surface area contributed by atoms with Crippen LogP contribution in [0.2, 0.25) is 0 Å². The number of hydrogen-bond acceptors (Lipinski definition) is 4. The molecular formula is C15H21NO3. The third kappa shape index (κ3) is 2.14. The van der Waals surface area contributed by atoms with Gasteiger partial charge < -0.3 is 19.5 Å². The van der Waals surface area contributed by atoms with Crippen molar-refractivity contribution in [2.24, 2.45) is 0 Å². The zero-order valence-corrected chi connectivity index (χ0v) is 11.6. The molecule has 0 spiro atoms. The molecule has 1 unspecified atom stereocenters. The van der Waals surface area contributed by atoms with Gasteiger partial charge in [0.15, 0.2) is 0 Å². The smallest absolute Gasteiger partial charge is 0.121 e. The Morgan fingerprint density at radius 1 is 1.37 bits per heavy atom. The van der Waals surface area contributed by atoms with Gasteiger partial charge in [-0.25, -0.2) is 0 Å². The highest BCUT2D eigenvalue weighted by Crippen LogP contribution is 2.39. The van der Waals surface area contributed by atoms with Crippen LogP contribution in [0.1, 0.15) is 11.1 Å². The van der Waals surface area contributed by atoms with E-state index in [0.717, 1.165) is 44.2 Å². The molecule has 0 radical (unpaired) electrons. The van der Waals surface area contributed by atoms with Crippen LogP contribution < -0.4 is 10.1 Å². The van der Waals surface area contributed by atoms with Gasteiger partial charge in [-0.05, 0) is 24.1 Å². The summed E-state index contributed by atoms with van der Waals surface area (Å²) in [6, 6.07) is 6.40. The number of hydrogen-bond donors (Lipinski definition) is 1. The number of rotatable bonds is 3. The van der Waals surface area contributed by atoms with Crippen LogP contribution in [0.15, 0.2) is 18.2 Å². The van der Waals surface area contributed by atoms with Crippen LogP contribution in [0.4, 0.5) is 0 Å². The zero-order valence-electron chi connectivity index (χ0n) is 11.6. The lowest BCUT2D eigenvalue weighted by Crippen LogP contribution is -2.61. The van der Waals surface area contributed by atoms with Crippen LogP contribution in [-0.2, 0) is 14.9 Å². The largest absolute Gasteiger partial charge is 0.496 e. The molecule has 0 aliphatic carbocycles. The summed E-state index contributed by atoms with van der Waals surface area (Å²) in [7, 11) is 1.71. The van der Waals surface area contributed by atoms with Crippen molar-refractivity contribution in [3.05, 3.63) is 29.3 Å². The maximum Gasteiger partial charge on any atom is 0.121 e. The summed E-state index contributed by atoms with van der Waals surface area (Å²) < 4.78 is 16.8. The Kier molecular flexibility index (Phi) is 3.48. The lowest BCUT2D eigenvalue weighted by Gasteiger charge is -2.48. The predicted molar refractivity (Wildman–Crippen MR) is 72.8 cm³/mol. The molecule has 2 saturated heterocycles. The Morgan fingerprint density at radius 2 is 2.21 bits per heavy atom. The van der Waals surface area contributed by atoms with E-state index in [-0.39, 0.29) is 11.5 Å². The first-order valence-corrected chi connectivity index (χ1v) is 6.81. The second-order valence-corrected chi connectivity index (χ2v) is 5.40. The summed E-state index contributed by atoms with van der Waals surface area (Å²) in [5, 5.41) is 3.41. The second-order valence-electron chi connectivity index (χ2n) is 5.40. The topological polar surface area (TPSA) is 39.7 Å². The van der Waals surface area contributed by atoms with E-state index >= 15 is 0 Å². The van der Waals surface area contributed by atoms with Crippen LogP contribution in [0.5, 0.6) is 5.75 Å². The standard InChI is InChI=1S/C15H21NO3/c1-11-7-12(3-4-13(11)17-2)15(9-18-10-15)14-8-16-5-6-19-14/h3-4,7,14,16H,5-6,8-10H2,1-2H3. The number of benzene rings is 1. The minimum absolute atomic E-state index is 0.00442. The molecule has 1 N–H and O–H groups in total. The lowest BCUT2D eigenvalue weighted by molar-refractivity contribution is -0.146. The third-order valence-electron chi connectivity index (χ3n) is 4.23. The van der Waals surface area contributed by atoms with Crippen molar-refractivity contribution in [3.63, 3.8) is 0 Å². The number of methoxy groups -OCH3 is 1. The average Bonchev–Trinajstić information content (AvgIpc) is 2.39. The molecule has 2 aliphatic heterocycles. The average molecular weight is 263 g/mol. The number of nitrogens with one attached hydrogen (secondary N) is 1. The van der Waals surface area contributed by atoms with Crippen LogP contribution in [0.25, 0.3) is 0 Å². The van der Waals surface area contributed by atoms with E-state index < -0.39 is 0 Å². The minimum atomic E-state index is 0.00442. The summed E-state index contributed by atoms with van der Waals surface area (Å²) >= 11 is 0. The van der Waals surface area contributed by atoms with Gasteiger partial charge in [-0.1, -0.05) is 12.1 Å². The molecule has 3 rings (SSSR count). The third-order valence-corrected chi connectivity index (χ3v) is 4.23. The SMILES string of the molecule is COc1ccc(C2(C3CNCCO3)COC2)cc1C. The first-order chi connectivity index (χ1) is 9.26. The predicted octanol–water partition coefficient (Wildman–Crippen LogP) is 1.26. The number of morpholine rings is 1. The van der Waals surface area contributed by atoms with Gasteiger partial charge in [-0.15, -0.1) is 0 Å². The van der Waals surface area contributed by atoms with Crippen LogP contribution >= 0.6 is 0 Å². The molecule has 104 valence electrons. The van der Waals surface area contributed by atoms with E-state index in [0.29, 0.717) is 0 Å². The Hall–Kier alpha value is -1.10. The molecule has 1 aromatic carbocycles. The highest BCUT2D eigenvalue weighted by Gasteiger charge is 2.48. The summed E-state index contributed by atoms with van der Waals surface area (Å²) in [6.07, 6.45) is 0.197. The maximum absolute atomic E-state index is 5.96. The molecule has 1 aromatic rings. The van der Waals surface area contributed by atoms with E-state index in [9.17, 15) is 0 Å². The fourth-order valence-electron chi connectivity index (χ4n) is 2.97. The molecule has 0 aromatic heterocycles. The summed E-state index contributed by atoms with van der Waals surface area (Å²) in [4.78, 5) is 0. The molecule has 2 heterocycles. The van der Waals surface area contributed by atoms with Crippen molar-refractivity contribution in [1.82, 2.24) is 5.32 Å². The first kappa shape index (κ1) is 12.9. The molecule has 1 atom stereocenters. The fraction of sp³-hybridized carbons (Fsp3) is 0.600. The molecule has 4 nitrogen and oxygen atoms in total. The van der Waals surface area contributed by atoms with Gasteiger partial charge in [0, 0.05) is 13.1 Å². The van der Waals surface area contributed by atoms with Gasteiger partial charge in [0.2, 0.25) is 0 Å². The summed E-state index contributed by atoms with van der Waals surface area (Å²) in [5.74, 6) is 0.932. The van der Waals surface area contributed by atoms with Crippen LogP contribution in [0, 0.1) is 6.92 Å². The van der Waals surface area contributed by atoms with E-state index in [4.69, 9.17) is 14.2 Å². The molecule has 2 fully saturated rings. The summed E-state index contributed by atoms with van der Waals surface area (Å²) in [5.41, 5.74) is 2.46. The van der Waals surface area contributed by atoms with E-state index in [1.54, 1.807) is 7.11 Å². The van der Waals surface area contributed by atoms with Crippen molar-refractivity contribution in [2.75, 3.05) is 40.0 Å². The molecule has 19 heavy (non-hydrogen) atoms. The maximum atomic E-state index is 5.96. The van der Waals surface area contributed by atoms with Gasteiger partial charge in [0.05, 0.1) is 38.4 Å². The molecule has 4 heteroatoms. The Labute approximate surface area is 114 Å². The minimum Gasteiger partial charge on any atom is -0.496 e. The molecule has 0 amide bonds. The number of ether oxygens (including phenoxy) is 3. The summed E-state index contributed by atoms with van der Waals surface area (Å²) in [6.45, 7) is 6.18. The Morgan fingerprint density at radius 3 is 2.74 bits per heavy atom. The quantitative estimate of drug-likeness (QED) is 0.891. The molecule has 0 bridgehead atoms. The van der Waals surface area contributed by atoms with Crippen molar-refractivity contribution < 1.29 is 14.2 Å². The van der Waals surface area contributed by atoms with Crippen LogP contribution in [0.3, 0.4) is 0 Å². The number of aryl methyl sites for hydroxylation is 1. The van der Waals surface area contributed by atoms with Crippen molar-refractivity contribution in [2.45, 2.75) is 18.4 Å². The zero-order chi connectivity index (χ0) is 13.3. The molecular weight excluding hydrogens is 242 g/mol. The normalized spacial score (nSPS) is 25.7. The van der Waals surface area contributed by atoms with E-state index in [1.165, 1.54) is 5.56 Å². The van der Waals surface area contributed by atoms with E-state index in [2.05, 4.69) is 24.4 Å². The lowest BCUT2D eigenvalue weighted by atomic mass is 9.73. The first-order valence-electron chi connectivity index (χ1n) is 6.81. The molecule has 2 aliphatic rings. The fourth-order valence-corrected chi connectivity index (χ4v) is 2.97. The highest BCUT2D eigenvalue weighted by molar-refractivity contribution is 5.41. The Balaban J connectivity index is 1.90. The van der Waals surface area contributed by atoms with Gasteiger partial charge >= 0.3 is 0 Å². The van der Waals surface area contributed by atoms with Gasteiger partial charge in [0.1, 0.15) is 5.75 Å². The molecule has 0 saturated carbocycles. The highest BCUT2D eigenvalue weighted by atomic mass is 16.5. The van der Waals surface area contributed by atoms with Crippen molar-refractivity contribution in [1.29, 1.82) is 0 Å². The second kappa shape index (κ2) is 5.12. The van der Waals surface area contributed by atoms with Crippen molar-refractivity contribution >= 4 is 0 Å². The van der Waals surface area contributed by atoms with E-state index in [1.807, 2.05) is 6.07 Å². The Bertz CT molecular complexity index is 451. The monoisotopic (exact) mass is 263 g/mol.